The molecule has 5 amide bonds. The van der Waals surface area contributed by atoms with Crippen LogP contribution in [0.3, 0.4) is 0 Å². The molecule has 0 fully saturated rings. The monoisotopic (exact) mass is 470 g/mol. The SMILES string of the molecule is CC(C)C[C@H](NC(=O)[C@H](C)N)C(=O)N[C@@H](C)C(=O)N[C@@H](CCCCNC(=O)C(C)C)C(N)=O. The number of unbranched alkanes of at least 4 members (excludes halogenated alkanes) is 1. The number of hydrogen-bond acceptors (Lipinski definition) is 6. The van der Waals surface area contributed by atoms with Crippen LogP contribution in [-0.2, 0) is 24.0 Å². The molecule has 11 heteroatoms. The largest absolute Gasteiger partial charge is 0.368 e. The molecule has 33 heavy (non-hydrogen) atoms. The lowest BCUT2D eigenvalue weighted by Gasteiger charge is -2.24. The Morgan fingerprint density at radius 1 is 0.727 bits per heavy atom. The first-order valence-electron chi connectivity index (χ1n) is 11.5. The Kier molecular flexibility index (Phi) is 14.0. The van der Waals surface area contributed by atoms with Gasteiger partial charge in [0.05, 0.1) is 6.04 Å². The van der Waals surface area contributed by atoms with Crippen LogP contribution in [0.2, 0.25) is 0 Å². The summed E-state index contributed by atoms with van der Waals surface area (Å²) in [6.07, 6.45) is 1.86. The fraction of sp³-hybridized carbons (Fsp3) is 0.773. The van der Waals surface area contributed by atoms with Crippen molar-refractivity contribution in [2.24, 2.45) is 23.3 Å². The summed E-state index contributed by atoms with van der Waals surface area (Å²) in [5.74, 6) is -2.28. The second-order valence-corrected chi connectivity index (χ2v) is 9.11. The molecule has 0 aliphatic heterocycles. The highest BCUT2D eigenvalue weighted by Gasteiger charge is 2.27. The van der Waals surface area contributed by atoms with E-state index in [4.69, 9.17) is 11.5 Å². The Bertz CT molecular complexity index is 680. The molecule has 0 aliphatic carbocycles. The van der Waals surface area contributed by atoms with Crippen molar-refractivity contribution in [1.29, 1.82) is 0 Å². The molecular formula is C22H42N6O5. The van der Waals surface area contributed by atoms with E-state index in [-0.39, 0.29) is 17.7 Å². The second-order valence-electron chi connectivity index (χ2n) is 9.11. The topological polar surface area (TPSA) is 186 Å². The van der Waals surface area contributed by atoms with E-state index >= 15 is 0 Å². The lowest BCUT2D eigenvalue weighted by Crippen LogP contribution is -2.56. The number of nitrogens with two attached hydrogens (primary N) is 2. The molecular weight excluding hydrogens is 428 g/mol. The molecule has 0 bridgehead atoms. The predicted octanol–water partition coefficient (Wildman–Crippen LogP) is -0.718. The standard InChI is InChI=1S/C22H42N6O5/c1-12(2)11-17(28-20(31)14(5)23)22(33)26-15(6)21(32)27-16(18(24)29)9-7-8-10-25-19(30)13(3)4/h12-17H,7-11,23H2,1-6H3,(H2,24,29)(H,25,30)(H,26,33)(H,27,32)(H,28,31)/t14-,15-,16-,17-/m0/s1. The third kappa shape index (κ3) is 12.8. The minimum atomic E-state index is -0.952. The van der Waals surface area contributed by atoms with Crippen LogP contribution in [0.25, 0.3) is 0 Å². The Morgan fingerprint density at radius 2 is 1.30 bits per heavy atom. The van der Waals surface area contributed by atoms with Gasteiger partial charge in [0.15, 0.2) is 0 Å². The van der Waals surface area contributed by atoms with E-state index in [2.05, 4.69) is 21.3 Å². The number of carbonyl (C=O) groups excluding carboxylic acids is 5. The number of primary amides is 1. The Labute approximate surface area is 196 Å². The van der Waals surface area contributed by atoms with Gasteiger partial charge in [-0.05, 0) is 45.4 Å². The van der Waals surface area contributed by atoms with Crippen molar-refractivity contribution in [2.75, 3.05) is 6.54 Å². The van der Waals surface area contributed by atoms with Crippen molar-refractivity contribution in [1.82, 2.24) is 21.3 Å². The molecule has 0 spiro atoms. The number of rotatable bonds is 15. The number of hydrogen-bond donors (Lipinski definition) is 6. The molecule has 190 valence electrons. The predicted molar refractivity (Wildman–Crippen MR) is 125 cm³/mol. The van der Waals surface area contributed by atoms with Gasteiger partial charge in [0.25, 0.3) is 0 Å². The van der Waals surface area contributed by atoms with Crippen LogP contribution >= 0.6 is 0 Å². The number of amides is 5. The van der Waals surface area contributed by atoms with Crippen LogP contribution < -0.4 is 32.7 Å². The molecule has 0 heterocycles. The first kappa shape index (κ1) is 30.3. The zero-order valence-electron chi connectivity index (χ0n) is 20.7. The molecule has 0 rings (SSSR count). The van der Waals surface area contributed by atoms with E-state index in [1.807, 2.05) is 13.8 Å². The quantitative estimate of drug-likeness (QED) is 0.171. The first-order chi connectivity index (χ1) is 15.3. The van der Waals surface area contributed by atoms with Crippen molar-refractivity contribution in [3.8, 4) is 0 Å². The Hall–Kier alpha value is -2.69. The highest BCUT2D eigenvalue weighted by molar-refractivity contribution is 5.94. The maximum absolute atomic E-state index is 12.6. The average Bonchev–Trinajstić information content (AvgIpc) is 2.70. The molecule has 8 N–H and O–H groups in total. The van der Waals surface area contributed by atoms with Crippen molar-refractivity contribution in [2.45, 2.75) is 91.4 Å². The molecule has 0 aromatic rings. The van der Waals surface area contributed by atoms with Gasteiger partial charge in [0.2, 0.25) is 29.5 Å². The minimum absolute atomic E-state index is 0.0489. The molecule has 0 unspecified atom stereocenters. The van der Waals surface area contributed by atoms with Crippen LogP contribution in [0.5, 0.6) is 0 Å². The fourth-order valence-electron chi connectivity index (χ4n) is 2.86. The third-order valence-corrected chi connectivity index (χ3v) is 4.91. The van der Waals surface area contributed by atoms with E-state index < -0.39 is 47.8 Å². The second kappa shape index (κ2) is 15.2. The van der Waals surface area contributed by atoms with Crippen molar-refractivity contribution >= 4 is 29.5 Å². The van der Waals surface area contributed by atoms with Gasteiger partial charge < -0.3 is 32.7 Å². The van der Waals surface area contributed by atoms with Gasteiger partial charge in [-0.1, -0.05) is 27.7 Å². The lowest BCUT2D eigenvalue weighted by atomic mass is 10.0. The highest BCUT2D eigenvalue weighted by atomic mass is 16.2. The van der Waals surface area contributed by atoms with E-state index in [9.17, 15) is 24.0 Å². The molecule has 4 atom stereocenters. The minimum Gasteiger partial charge on any atom is -0.368 e. The molecule has 11 nitrogen and oxygen atoms in total. The number of carbonyl (C=O) groups is 5. The lowest BCUT2D eigenvalue weighted by molar-refractivity contribution is -0.133. The molecule has 0 saturated heterocycles. The van der Waals surface area contributed by atoms with Crippen LogP contribution in [-0.4, -0.2) is 60.2 Å². The highest BCUT2D eigenvalue weighted by Crippen LogP contribution is 2.06. The summed E-state index contributed by atoms with van der Waals surface area (Å²) < 4.78 is 0. The van der Waals surface area contributed by atoms with E-state index in [0.717, 1.165) is 0 Å². The van der Waals surface area contributed by atoms with Crippen molar-refractivity contribution in [3.05, 3.63) is 0 Å². The summed E-state index contributed by atoms with van der Waals surface area (Å²) in [4.78, 5) is 60.4. The fourth-order valence-corrected chi connectivity index (χ4v) is 2.86. The van der Waals surface area contributed by atoms with Gasteiger partial charge in [-0.2, -0.15) is 0 Å². The van der Waals surface area contributed by atoms with Gasteiger partial charge in [-0.3, -0.25) is 24.0 Å². The summed E-state index contributed by atoms with van der Waals surface area (Å²) in [6.45, 7) is 10.9. The van der Waals surface area contributed by atoms with Gasteiger partial charge in [0.1, 0.15) is 18.1 Å². The number of nitrogens with one attached hydrogen (secondary N) is 4. The van der Waals surface area contributed by atoms with E-state index in [0.29, 0.717) is 32.2 Å². The van der Waals surface area contributed by atoms with Gasteiger partial charge in [-0.15, -0.1) is 0 Å². The van der Waals surface area contributed by atoms with Crippen LogP contribution in [0.1, 0.15) is 67.2 Å². The maximum atomic E-state index is 12.6. The maximum Gasteiger partial charge on any atom is 0.243 e. The summed E-state index contributed by atoms with van der Waals surface area (Å²) in [6, 6.07) is -3.47. The van der Waals surface area contributed by atoms with E-state index in [1.54, 1.807) is 13.8 Å². The molecule has 0 saturated carbocycles. The van der Waals surface area contributed by atoms with Crippen LogP contribution in [0.15, 0.2) is 0 Å². The smallest absolute Gasteiger partial charge is 0.243 e. The summed E-state index contributed by atoms with van der Waals surface area (Å²) in [5, 5.41) is 10.5. The summed E-state index contributed by atoms with van der Waals surface area (Å²) in [7, 11) is 0. The molecule has 0 aliphatic rings. The third-order valence-electron chi connectivity index (χ3n) is 4.91. The normalized spacial score (nSPS) is 14.7. The van der Waals surface area contributed by atoms with Gasteiger partial charge >= 0.3 is 0 Å². The van der Waals surface area contributed by atoms with Gasteiger partial charge in [-0.25, -0.2) is 0 Å². The molecule has 0 aromatic heterocycles. The van der Waals surface area contributed by atoms with Gasteiger partial charge in [0, 0.05) is 12.5 Å². The first-order valence-corrected chi connectivity index (χ1v) is 11.5. The molecule has 0 radical (unpaired) electrons. The Morgan fingerprint density at radius 3 is 1.79 bits per heavy atom. The molecule has 0 aromatic carbocycles. The van der Waals surface area contributed by atoms with Crippen LogP contribution in [0, 0.1) is 11.8 Å². The zero-order valence-corrected chi connectivity index (χ0v) is 20.7. The van der Waals surface area contributed by atoms with Crippen molar-refractivity contribution in [3.63, 3.8) is 0 Å². The zero-order chi connectivity index (χ0) is 25.7. The summed E-state index contributed by atoms with van der Waals surface area (Å²) in [5.41, 5.74) is 11.0. The van der Waals surface area contributed by atoms with Crippen molar-refractivity contribution < 1.29 is 24.0 Å². The van der Waals surface area contributed by atoms with Crippen LogP contribution in [0.4, 0.5) is 0 Å². The Balaban J connectivity index is 4.77. The average molecular weight is 471 g/mol. The van der Waals surface area contributed by atoms with E-state index in [1.165, 1.54) is 13.8 Å². The summed E-state index contributed by atoms with van der Waals surface area (Å²) >= 11 is 0.